The number of piperidine rings is 1. The highest BCUT2D eigenvalue weighted by atomic mass is 16.5. The third-order valence-electron chi connectivity index (χ3n) is 4.15. The van der Waals surface area contributed by atoms with Crippen LogP contribution in [0, 0.1) is 0 Å². The molecule has 0 radical (unpaired) electrons. The maximum Gasteiger partial charge on any atom is 0.254 e. The van der Waals surface area contributed by atoms with Crippen molar-refractivity contribution >= 4 is 5.91 Å². The molecule has 1 aromatic rings. The fraction of sp³-hybridized carbons (Fsp3) is 0.588. The van der Waals surface area contributed by atoms with Gasteiger partial charge in [0, 0.05) is 31.3 Å². The molecule has 128 valence electrons. The molecule has 0 atom stereocenters. The quantitative estimate of drug-likeness (QED) is 0.825. The Bertz CT molecular complexity index is 493. The van der Waals surface area contributed by atoms with Crippen LogP contribution >= 0.6 is 0 Å². The maximum atomic E-state index is 13.0. The number of carbonyl (C=O) groups excluding carboxylic acids is 1. The summed E-state index contributed by atoms with van der Waals surface area (Å²) in [6.45, 7) is 2.97. The van der Waals surface area contributed by atoms with Gasteiger partial charge in [-0.15, -0.1) is 0 Å². The number of benzene rings is 1. The maximum absolute atomic E-state index is 13.0. The minimum Gasteiger partial charge on any atom is -0.497 e. The van der Waals surface area contributed by atoms with E-state index >= 15 is 0 Å². The van der Waals surface area contributed by atoms with E-state index < -0.39 is 0 Å². The van der Waals surface area contributed by atoms with E-state index in [1.54, 1.807) is 39.5 Å². The van der Waals surface area contributed by atoms with E-state index in [0.29, 0.717) is 30.2 Å². The van der Waals surface area contributed by atoms with E-state index in [-0.39, 0.29) is 11.9 Å². The lowest BCUT2D eigenvalue weighted by Crippen LogP contribution is -2.47. The van der Waals surface area contributed by atoms with Crippen LogP contribution in [0.15, 0.2) is 18.2 Å². The molecule has 0 spiro atoms. The number of ether oxygens (including phenoxy) is 3. The molecule has 6 heteroatoms. The summed E-state index contributed by atoms with van der Waals surface area (Å²) in [5.74, 6) is 1.22. The average Bonchev–Trinajstić information content (AvgIpc) is 2.62. The third-order valence-corrected chi connectivity index (χ3v) is 4.15. The van der Waals surface area contributed by atoms with Gasteiger partial charge in [0.25, 0.3) is 5.91 Å². The third kappa shape index (κ3) is 4.59. The van der Waals surface area contributed by atoms with Crippen molar-refractivity contribution in [3.63, 3.8) is 0 Å². The zero-order valence-corrected chi connectivity index (χ0v) is 14.1. The van der Waals surface area contributed by atoms with Gasteiger partial charge in [0.1, 0.15) is 11.5 Å². The van der Waals surface area contributed by atoms with Gasteiger partial charge in [-0.3, -0.25) is 4.79 Å². The van der Waals surface area contributed by atoms with Crippen LogP contribution in [0.2, 0.25) is 0 Å². The van der Waals surface area contributed by atoms with Crippen LogP contribution in [0.25, 0.3) is 0 Å². The molecule has 1 heterocycles. The van der Waals surface area contributed by atoms with Gasteiger partial charge in [-0.2, -0.15) is 0 Å². The fourth-order valence-corrected chi connectivity index (χ4v) is 2.85. The Morgan fingerprint density at radius 2 is 1.74 bits per heavy atom. The molecule has 1 saturated heterocycles. The zero-order chi connectivity index (χ0) is 16.7. The molecule has 1 N–H and O–H groups in total. The summed E-state index contributed by atoms with van der Waals surface area (Å²) < 4.78 is 15.7. The summed E-state index contributed by atoms with van der Waals surface area (Å²) in [5.41, 5.74) is 0.579. The Balaban J connectivity index is 2.24. The van der Waals surface area contributed by atoms with Gasteiger partial charge in [0.05, 0.1) is 20.8 Å². The molecule has 2 rings (SSSR count). The lowest BCUT2D eigenvalue weighted by molar-refractivity contribution is 0.0560. The summed E-state index contributed by atoms with van der Waals surface area (Å²) in [5, 5.41) is 3.33. The lowest BCUT2D eigenvalue weighted by Gasteiger charge is -2.34. The van der Waals surface area contributed by atoms with Crippen LogP contribution in [-0.4, -0.2) is 64.4 Å². The van der Waals surface area contributed by atoms with E-state index in [1.807, 2.05) is 4.90 Å². The monoisotopic (exact) mass is 322 g/mol. The molecule has 23 heavy (non-hydrogen) atoms. The second-order valence-corrected chi connectivity index (χ2v) is 5.57. The van der Waals surface area contributed by atoms with E-state index in [9.17, 15) is 4.79 Å². The predicted octanol–water partition coefficient (Wildman–Crippen LogP) is 1.54. The molecule has 6 nitrogen and oxygen atoms in total. The summed E-state index contributed by atoms with van der Waals surface area (Å²) >= 11 is 0. The number of nitrogens with one attached hydrogen (secondary N) is 1. The predicted molar refractivity (Wildman–Crippen MR) is 88.4 cm³/mol. The first kappa shape index (κ1) is 17.6. The van der Waals surface area contributed by atoms with Crippen molar-refractivity contribution in [2.45, 2.75) is 18.9 Å². The van der Waals surface area contributed by atoms with Crippen molar-refractivity contribution in [2.75, 3.05) is 47.6 Å². The fourth-order valence-electron chi connectivity index (χ4n) is 2.85. The number of hydrogen-bond donors (Lipinski definition) is 1. The first-order valence-corrected chi connectivity index (χ1v) is 7.93. The first-order chi connectivity index (χ1) is 11.2. The molecular weight excluding hydrogens is 296 g/mol. The van der Waals surface area contributed by atoms with Crippen molar-refractivity contribution in [1.82, 2.24) is 10.2 Å². The van der Waals surface area contributed by atoms with Crippen molar-refractivity contribution in [3.05, 3.63) is 23.8 Å². The number of rotatable bonds is 7. The number of carbonyl (C=O) groups is 1. The van der Waals surface area contributed by atoms with Gasteiger partial charge < -0.3 is 24.4 Å². The summed E-state index contributed by atoms with van der Waals surface area (Å²) in [6.07, 6.45) is 1.91. The van der Waals surface area contributed by atoms with Crippen LogP contribution in [0.1, 0.15) is 23.2 Å². The highest BCUT2D eigenvalue weighted by Gasteiger charge is 2.26. The normalized spacial score (nSPS) is 15.3. The van der Waals surface area contributed by atoms with Gasteiger partial charge in [0.15, 0.2) is 0 Å². The molecule has 1 amide bonds. The standard InChI is InChI=1S/C17H26N2O4/c1-21-9-8-19(14-4-6-18-7-5-14)17(20)13-10-15(22-2)12-16(11-13)23-3/h10-12,14,18H,4-9H2,1-3H3. The van der Waals surface area contributed by atoms with Crippen molar-refractivity contribution in [2.24, 2.45) is 0 Å². The number of nitrogens with zero attached hydrogens (tertiary/aromatic N) is 1. The van der Waals surface area contributed by atoms with Crippen LogP contribution in [0.5, 0.6) is 11.5 Å². The highest BCUT2D eigenvalue weighted by molar-refractivity contribution is 5.95. The molecule has 0 aliphatic carbocycles. The van der Waals surface area contributed by atoms with Gasteiger partial charge in [-0.1, -0.05) is 0 Å². The Morgan fingerprint density at radius 3 is 2.26 bits per heavy atom. The van der Waals surface area contributed by atoms with Crippen molar-refractivity contribution in [1.29, 1.82) is 0 Å². The van der Waals surface area contributed by atoms with E-state index in [1.165, 1.54) is 0 Å². The minimum absolute atomic E-state index is 0.00819. The molecular formula is C17H26N2O4. The number of methoxy groups -OCH3 is 3. The van der Waals surface area contributed by atoms with Crippen molar-refractivity contribution in [3.8, 4) is 11.5 Å². The zero-order valence-electron chi connectivity index (χ0n) is 14.1. The first-order valence-electron chi connectivity index (χ1n) is 7.93. The van der Waals surface area contributed by atoms with Crippen molar-refractivity contribution < 1.29 is 19.0 Å². The number of hydrogen-bond acceptors (Lipinski definition) is 5. The smallest absolute Gasteiger partial charge is 0.254 e. The minimum atomic E-state index is -0.00819. The van der Waals surface area contributed by atoms with E-state index in [0.717, 1.165) is 25.9 Å². The molecule has 1 aliphatic rings. The Labute approximate surface area is 137 Å². The van der Waals surface area contributed by atoms with Gasteiger partial charge in [-0.25, -0.2) is 0 Å². The molecule has 0 aromatic heterocycles. The van der Waals surface area contributed by atoms with Crippen LogP contribution in [-0.2, 0) is 4.74 Å². The molecule has 0 bridgehead atoms. The van der Waals surface area contributed by atoms with Gasteiger partial charge in [-0.05, 0) is 38.1 Å². The van der Waals surface area contributed by atoms with Crippen LogP contribution in [0.4, 0.5) is 0 Å². The largest absolute Gasteiger partial charge is 0.497 e. The Kier molecular flexibility index (Phi) is 6.67. The number of amides is 1. The summed E-state index contributed by atoms with van der Waals surface area (Å²) in [6, 6.07) is 5.51. The Hall–Kier alpha value is -1.79. The summed E-state index contributed by atoms with van der Waals surface area (Å²) in [7, 11) is 4.82. The second kappa shape index (κ2) is 8.74. The van der Waals surface area contributed by atoms with Gasteiger partial charge in [0.2, 0.25) is 0 Å². The lowest BCUT2D eigenvalue weighted by atomic mass is 10.0. The molecule has 1 aliphatic heterocycles. The Morgan fingerprint density at radius 1 is 1.13 bits per heavy atom. The molecule has 0 saturated carbocycles. The van der Waals surface area contributed by atoms with Crippen LogP contribution in [0.3, 0.4) is 0 Å². The topological polar surface area (TPSA) is 60.0 Å². The molecule has 0 unspecified atom stereocenters. The SMILES string of the molecule is COCCN(C(=O)c1cc(OC)cc(OC)c1)C1CCNCC1. The molecule has 1 aromatic carbocycles. The van der Waals surface area contributed by atoms with Crippen LogP contribution < -0.4 is 14.8 Å². The summed E-state index contributed by atoms with van der Waals surface area (Å²) in [4.78, 5) is 14.9. The molecule has 1 fully saturated rings. The van der Waals surface area contributed by atoms with E-state index in [4.69, 9.17) is 14.2 Å². The second-order valence-electron chi connectivity index (χ2n) is 5.57. The highest BCUT2D eigenvalue weighted by Crippen LogP contribution is 2.25. The average molecular weight is 322 g/mol. The van der Waals surface area contributed by atoms with E-state index in [2.05, 4.69) is 5.32 Å². The van der Waals surface area contributed by atoms with Gasteiger partial charge >= 0.3 is 0 Å².